The lowest BCUT2D eigenvalue weighted by Gasteiger charge is -2.23. The number of furan rings is 1. The van der Waals surface area contributed by atoms with Crippen LogP contribution < -0.4 is 10.6 Å². The van der Waals surface area contributed by atoms with Crippen LogP contribution in [0.2, 0.25) is 0 Å². The maximum Gasteiger partial charge on any atom is 0.287 e. The van der Waals surface area contributed by atoms with Crippen molar-refractivity contribution in [2.24, 2.45) is 10.9 Å². The average molecular weight is 557 g/mol. The van der Waals surface area contributed by atoms with Crippen LogP contribution in [0.4, 0.5) is 0 Å². The van der Waals surface area contributed by atoms with Gasteiger partial charge in [-0.2, -0.15) is 4.31 Å². The molecule has 2 aromatic rings. The number of nitrogens with zero attached hydrogens (tertiary/aromatic N) is 2. The molecule has 12 heteroatoms. The van der Waals surface area contributed by atoms with Crippen LogP contribution in [0.25, 0.3) is 11.0 Å². The number of rotatable bonds is 7. The van der Waals surface area contributed by atoms with Crippen LogP contribution in [0.5, 0.6) is 0 Å². The monoisotopic (exact) mass is 556 g/mol. The Balaban J connectivity index is 1.46. The highest BCUT2D eigenvalue weighted by molar-refractivity contribution is 8.06. The van der Waals surface area contributed by atoms with Gasteiger partial charge >= 0.3 is 0 Å². The first-order valence-corrected chi connectivity index (χ1v) is 14.3. The lowest BCUT2D eigenvalue weighted by Crippen LogP contribution is -2.53. The van der Waals surface area contributed by atoms with Gasteiger partial charge in [0.1, 0.15) is 11.6 Å². The standard InChI is InChI=1S/C27H32N4O7S/c1-16(2)14-20(30-26(35)24-17(3)18-8-4-5-11-23(18)38-24)25(34)29-19-9-7-13-31(15-22(19)33)39(36,37)27-21(32)10-6-12-28-27/h4-6,8,11-12,16,19-20H,7,9-10,13-15H2,1-3H3,(H,29,34)(H,30,35)/t19-,20?/m0/s1. The summed E-state index contributed by atoms with van der Waals surface area (Å²) in [5.41, 5.74) is 1.22. The van der Waals surface area contributed by atoms with E-state index in [1.165, 1.54) is 12.3 Å². The van der Waals surface area contributed by atoms with Gasteiger partial charge in [0.15, 0.2) is 17.3 Å². The van der Waals surface area contributed by atoms with Gasteiger partial charge in [-0.1, -0.05) is 38.1 Å². The number of nitrogens with one attached hydrogen (secondary N) is 2. The fraction of sp³-hybridized carbons (Fsp3) is 0.444. The van der Waals surface area contributed by atoms with E-state index < -0.39 is 57.1 Å². The minimum atomic E-state index is -4.25. The second-order valence-corrected chi connectivity index (χ2v) is 12.0. The Labute approximate surface area is 226 Å². The molecule has 1 aromatic heterocycles. The van der Waals surface area contributed by atoms with E-state index >= 15 is 0 Å². The first kappa shape index (κ1) is 28.4. The number of sulfonamides is 1. The molecule has 1 aromatic carbocycles. The number of carbonyl (C=O) groups excluding carboxylic acids is 4. The van der Waals surface area contributed by atoms with Gasteiger partial charge in [0.25, 0.3) is 15.9 Å². The Morgan fingerprint density at radius 1 is 1.21 bits per heavy atom. The van der Waals surface area contributed by atoms with Crippen LogP contribution in [0.1, 0.15) is 55.6 Å². The fourth-order valence-corrected chi connectivity index (χ4v) is 6.19. The molecule has 2 atom stereocenters. The predicted molar refractivity (Wildman–Crippen MR) is 145 cm³/mol. The van der Waals surface area contributed by atoms with E-state index in [0.29, 0.717) is 17.6 Å². The van der Waals surface area contributed by atoms with Gasteiger partial charge in [-0.15, -0.1) is 0 Å². The van der Waals surface area contributed by atoms with Gasteiger partial charge in [-0.3, -0.25) is 19.2 Å². The molecule has 1 fully saturated rings. The van der Waals surface area contributed by atoms with E-state index in [-0.39, 0.29) is 37.5 Å². The van der Waals surface area contributed by atoms with Gasteiger partial charge in [-0.25, -0.2) is 13.4 Å². The quantitative estimate of drug-likeness (QED) is 0.530. The van der Waals surface area contributed by atoms with Crippen LogP contribution in [-0.4, -0.2) is 66.3 Å². The molecule has 1 saturated heterocycles. The summed E-state index contributed by atoms with van der Waals surface area (Å²) in [5.74, 6) is -2.07. The maximum atomic E-state index is 13.3. The van der Waals surface area contributed by atoms with E-state index in [1.807, 2.05) is 26.0 Å². The third-order valence-electron chi connectivity index (χ3n) is 6.74. The molecule has 0 spiro atoms. The smallest absolute Gasteiger partial charge is 0.287 e. The number of amides is 2. The third kappa shape index (κ3) is 6.17. The highest BCUT2D eigenvalue weighted by Crippen LogP contribution is 2.25. The van der Waals surface area contributed by atoms with E-state index in [0.717, 1.165) is 9.69 Å². The number of fused-ring (bicyclic) bond motifs is 1. The zero-order chi connectivity index (χ0) is 28.3. The van der Waals surface area contributed by atoms with Crippen LogP contribution in [0.3, 0.4) is 0 Å². The van der Waals surface area contributed by atoms with E-state index in [1.54, 1.807) is 19.1 Å². The molecule has 2 aliphatic heterocycles. The molecule has 0 aliphatic carbocycles. The molecule has 0 saturated carbocycles. The molecule has 11 nitrogen and oxygen atoms in total. The fourth-order valence-electron chi connectivity index (χ4n) is 4.72. The topological polar surface area (TPSA) is 155 Å². The summed E-state index contributed by atoms with van der Waals surface area (Å²) in [6.07, 6.45) is 3.45. The lowest BCUT2D eigenvalue weighted by molar-refractivity contribution is -0.129. The van der Waals surface area contributed by atoms with Gasteiger partial charge < -0.3 is 15.1 Å². The largest absolute Gasteiger partial charge is 0.451 e. The van der Waals surface area contributed by atoms with Gasteiger partial charge in [0.05, 0.1) is 12.6 Å². The van der Waals surface area contributed by atoms with Crippen LogP contribution in [0.15, 0.2) is 46.0 Å². The van der Waals surface area contributed by atoms with Crippen molar-refractivity contribution in [2.75, 3.05) is 13.1 Å². The molecule has 0 bridgehead atoms. The van der Waals surface area contributed by atoms with E-state index in [2.05, 4.69) is 15.6 Å². The summed E-state index contributed by atoms with van der Waals surface area (Å²) >= 11 is 0. The summed E-state index contributed by atoms with van der Waals surface area (Å²) in [4.78, 5) is 55.3. The number of carbonyl (C=O) groups is 4. The van der Waals surface area contributed by atoms with Crippen molar-refractivity contribution in [3.05, 3.63) is 47.9 Å². The molecule has 4 rings (SSSR count). The number of aryl methyl sites for hydroxylation is 1. The van der Waals surface area contributed by atoms with Crippen molar-refractivity contribution in [1.29, 1.82) is 0 Å². The number of ketones is 2. The van der Waals surface area contributed by atoms with Crippen molar-refractivity contribution in [2.45, 2.75) is 58.5 Å². The number of allylic oxidation sites excluding steroid dienone is 1. The number of para-hydroxylation sites is 1. The third-order valence-corrected chi connectivity index (χ3v) is 8.55. The van der Waals surface area contributed by atoms with Crippen molar-refractivity contribution >= 4 is 49.4 Å². The van der Waals surface area contributed by atoms with Crippen LogP contribution in [0, 0.1) is 12.8 Å². The number of benzene rings is 1. The lowest BCUT2D eigenvalue weighted by atomic mass is 10.0. The molecule has 3 heterocycles. The summed E-state index contributed by atoms with van der Waals surface area (Å²) in [6.45, 7) is 5.09. The molecule has 2 amide bonds. The van der Waals surface area contributed by atoms with E-state index in [4.69, 9.17) is 4.42 Å². The van der Waals surface area contributed by atoms with Gasteiger partial charge in [-0.05, 0) is 38.2 Å². The van der Waals surface area contributed by atoms with E-state index in [9.17, 15) is 27.6 Å². The molecule has 2 N–H and O–H groups in total. The maximum absolute atomic E-state index is 13.3. The van der Waals surface area contributed by atoms with Crippen molar-refractivity contribution < 1.29 is 32.0 Å². The van der Waals surface area contributed by atoms with Crippen molar-refractivity contribution in [3.8, 4) is 0 Å². The summed E-state index contributed by atoms with van der Waals surface area (Å²) in [7, 11) is -4.25. The normalized spacial score (nSPS) is 19.6. The zero-order valence-corrected chi connectivity index (χ0v) is 22.9. The van der Waals surface area contributed by atoms with Gasteiger partial charge in [0, 0.05) is 30.1 Å². The molecular formula is C27H32N4O7S. The molecule has 1 unspecified atom stereocenters. The zero-order valence-electron chi connectivity index (χ0n) is 22.1. The summed E-state index contributed by atoms with van der Waals surface area (Å²) < 4.78 is 32.7. The Kier molecular flexibility index (Phi) is 8.45. The highest BCUT2D eigenvalue weighted by atomic mass is 32.2. The molecule has 39 heavy (non-hydrogen) atoms. The summed E-state index contributed by atoms with van der Waals surface area (Å²) in [6, 6.07) is 5.36. The van der Waals surface area contributed by atoms with Crippen LogP contribution in [-0.2, 0) is 24.4 Å². The summed E-state index contributed by atoms with van der Waals surface area (Å²) in [5, 5.41) is 5.67. The molecule has 208 valence electrons. The number of hydrogen-bond donors (Lipinski definition) is 2. The Morgan fingerprint density at radius 3 is 2.64 bits per heavy atom. The number of hydrogen-bond acceptors (Lipinski definition) is 8. The Hall–Kier alpha value is -3.64. The van der Waals surface area contributed by atoms with Crippen LogP contribution >= 0.6 is 0 Å². The number of Topliss-reactive ketones (excluding diaryl/α,β-unsaturated/α-hetero) is 2. The molecular weight excluding hydrogens is 524 g/mol. The Morgan fingerprint density at radius 2 is 1.95 bits per heavy atom. The first-order valence-electron chi connectivity index (χ1n) is 12.9. The second-order valence-electron chi connectivity index (χ2n) is 10.2. The minimum Gasteiger partial charge on any atom is -0.451 e. The van der Waals surface area contributed by atoms with Crippen molar-refractivity contribution in [1.82, 2.24) is 14.9 Å². The SMILES string of the molecule is Cc1c(C(=O)NC(CC(C)C)C(=O)N[C@H]2CCCN(S(=O)(=O)C3=NC=CCC3=O)CC2=O)oc2ccccc12. The second kappa shape index (κ2) is 11.6. The van der Waals surface area contributed by atoms with Gasteiger partial charge in [0.2, 0.25) is 11.0 Å². The Bertz CT molecular complexity index is 1470. The average Bonchev–Trinajstić information content (AvgIpc) is 3.11. The molecule has 0 radical (unpaired) electrons. The number of aliphatic imine (C=N–C) groups is 1. The van der Waals surface area contributed by atoms with Crippen molar-refractivity contribution in [3.63, 3.8) is 0 Å². The minimum absolute atomic E-state index is 0.00788. The first-order chi connectivity index (χ1) is 18.5. The molecule has 2 aliphatic rings. The highest BCUT2D eigenvalue weighted by Gasteiger charge is 2.38. The predicted octanol–water partition coefficient (Wildman–Crippen LogP) is 2.25.